The van der Waals surface area contributed by atoms with Crippen LogP contribution in [0.2, 0.25) is 5.15 Å². The Morgan fingerprint density at radius 1 is 1.19 bits per heavy atom. The number of aromatic nitrogens is 1. The van der Waals surface area contributed by atoms with Crippen LogP contribution in [0.4, 0.5) is 5.69 Å². The summed E-state index contributed by atoms with van der Waals surface area (Å²) in [7, 11) is 0. The van der Waals surface area contributed by atoms with Gasteiger partial charge in [0, 0.05) is 11.8 Å². The van der Waals surface area contributed by atoms with Gasteiger partial charge in [-0.3, -0.25) is 4.79 Å². The van der Waals surface area contributed by atoms with Crippen molar-refractivity contribution in [3.63, 3.8) is 0 Å². The molecular weight excluding hydrogens is 224 g/mol. The van der Waals surface area contributed by atoms with E-state index in [1.54, 1.807) is 30.3 Å². The molecule has 3 nitrogen and oxygen atoms in total. The molecule has 0 saturated carbocycles. The molecule has 2 aromatic rings. The largest absolute Gasteiger partial charge is 0.396 e. The molecule has 0 aliphatic rings. The van der Waals surface area contributed by atoms with Crippen LogP contribution < -0.4 is 5.73 Å². The molecule has 1 aromatic heterocycles. The number of anilines is 1. The molecule has 0 spiro atoms. The summed E-state index contributed by atoms with van der Waals surface area (Å²) in [5.41, 5.74) is 6.89. The molecule has 80 valence electrons. The van der Waals surface area contributed by atoms with E-state index in [1.807, 2.05) is 6.07 Å². The van der Waals surface area contributed by atoms with Gasteiger partial charge in [-0.2, -0.15) is 0 Å². The van der Waals surface area contributed by atoms with E-state index >= 15 is 0 Å². The fraction of sp³-hybridized carbons (Fsp3) is 0. The zero-order valence-electron chi connectivity index (χ0n) is 8.35. The van der Waals surface area contributed by atoms with Crippen molar-refractivity contribution in [2.75, 3.05) is 5.73 Å². The quantitative estimate of drug-likeness (QED) is 0.640. The van der Waals surface area contributed by atoms with E-state index in [4.69, 9.17) is 17.3 Å². The molecule has 0 saturated heterocycles. The number of halogens is 1. The fourth-order valence-electron chi connectivity index (χ4n) is 1.39. The summed E-state index contributed by atoms with van der Waals surface area (Å²) in [6.07, 6.45) is 1.47. The molecule has 0 aliphatic heterocycles. The number of benzene rings is 1. The van der Waals surface area contributed by atoms with E-state index < -0.39 is 0 Å². The van der Waals surface area contributed by atoms with Gasteiger partial charge in [0.25, 0.3) is 0 Å². The second kappa shape index (κ2) is 4.33. The molecule has 0 aliphatic carbocycles. The highest BCUT2D eigenvalue weighted by Gasteiger charge is 2.13. The zero-order chi connectivity index (χ0) is 11.5. The van der Waals surface area contributed by atoms with E-state index in [2.05, 4.69) is 4.98 Å². The Hall–Kier alpha value is -1.87. The van der Waals surface area contributed by atoms with E-state index in [1.165, 1.54) is 6.20 Å². The summed E-state index contributed by atoms with van der Waals surface area (Å²) in [5.74, 6) is -0.151. The predicted octanol–water partition coefficient (Wildman–Crippen LogP) is 2.55. The zero-order valence-corrected chi connectivity index (χ0v) is 9.11. The van der Waals surface area contributed by atoms with Gasteiger partial charge in [0.15, 0.2) is 10.9 Å². The van der Waals surface area contributed by atoms with Crippen LogP contribution in [0, 0.1) is 0 Å². The Morgan fingerprint density at radius 3 is 2.56 bits per heavy atom. The van der Waals surface area contributed by atoms with Crippen molar-refractivity contribution in [3.8, 4) is 0 Å². The van der Waals surface area contributed by atoms with E-state index in [0.29, 0.717) is 11.1 Å². The van der Waals surface area contributed by atoms with Gasteiger partial charge in [-0.1, -0.05) is 41.9 Å². The molecule has 0 atom stereocenters. The third-order valence-electron chi connectivity index (χ3n) is 2.22. The third kappa shape index (κ3) is 1.90. The smallest absolute Gasteiger partial charge is 0.195 e. The van der Waals surface area contributed by atoms with Crippen LogP contribution in [0.15, 0.2) is 42.6 Å². The van der Waals surface area contributed by atoms with E-state index in [0.717, 1.165) is 0 Å². The average Bonchev–Trinajstić information content (AvgIpc) is 2.33. The average molecular weight is 233 g/mol. The first kappa shape index (κ1) is 10.6. The first-order chi connectivity index (χ1) is 7.70. The van der Waals surface area contributed by atoms with Crippen LogP contribution in [-0.2, 0) is 0 Å². The fourth-order valence-corrected chi connectivity index (χ4v) is 1.55. The van der Waals surface area contributed by atoms with Gasteiger partial charge in [-0.25, -0.2) is 4.98 Å². The van der Waals surface area contributed by atoms with Crippen molar-refractivity contribution >= 4 is 23.1 Å². The number of carbonyl (C=O) groups is 1. The molecule has 2 N–H and O–H groups in total. The third-order valence-corrected chi connectivity index (χ3v) is 2.52. The molecule has 0 fully saturated rings. The molecular formula is C12H9ClN2O. The number of hydrogen-bond acceptors (Lipinski definition) is 3. The minimum absolute atomic E-state index is 0.151. The van der Waals surface area contributed by atoms with Gasteiger partial charge in [-0.15, -0.1) is 0 Å². The van der Waals surface area contributed by atoms with Crippen molar-refractivity contribution in [2.24, 2.45) is 0 Å². The standard InChI is InChI=1S/C12H9ClN2O/c13-12-10(14)9(6-7-15-12)11(16)8-4-2-1-3-5-8/h1-7H,14H2. The summed E-state index contributed by atoms with van der Waals surface area (Å²) < 4.78 is 0. The first-order valence-corrected chi connectivity index (χ1v) is 5.07. The van der Waals surface area contributed by atoms with Gasteiger partial charge in [0.05, 0.1) is 11.3 Å². The van der Waals surface area contributed by atoms with Crippen LogP contribution >= 0.6 is 11.6 Å². The van der Waals surface area contributed by atoms with Crippen molar-refractivity contribution < 1.29 is 4.79 Å². The SMILES string of the molecule is Nc1c(C(=O)c2ccccc2)ccnc1Cl. The molecule has 2 rings (SSSR count). The van der Waals surface area contributed by atoms with Crippen LogP contribution in [0.5, 0.6) is 0 Å². The summed E-state index contributed by atoms with van der Waals surface area (Å²) in [4.78, 5) is 15.9. The highest BCUT2D eigenvalue weighted by Crippen LogP contribution is 2.22. The number of carbonyl (C=O) groups excluding carboxylic acids is 1. The summed E-state index contributed by atoms with van der Waals surface area (Å²) in [6, 6.07) is 10.5. The number of nitrogens with two attached hydrogens (primary N) is 1. The molecule has 0 unspecified atom stereocenters. The predicted molar refractivity (Wildman–Crippen MR) is 63.5 cm³/mol. The normalized spacial score (nSPS) is 10.1. The first-order valence-electron chi connectivity index (χ1n) is 4.70. The number of nitrogens with zero attached hydrogens (tertiary/aromatic N) is 1. The maximum atomic E-state index is 12.1. The Kier molecular flexibility index (Phi) is 2.88. The maximum Gasteiger partial charge on any atom is 0.195 e. The van der Waals surface area contributed by atoms with Crippen LogP contribution in [0.25, 0.3) is 0 Å². The Balaban J connectivity index is 2.46. The molecule has 1 aromatic carbocycles. The van der Waals surface area contributed by atoms with E-state index in [-0.39, 0.29) is 16.6 Å². The summed E-state index contributed by atoms with van der Waals surface area (Å²) >= 11 is 5.76. The minimum Gasteiger partial charge on any atom is -0.396 e. The molecule has 0 bridgehead atoms. The van der Waals surface area contributed by atoms with Gasteiger partial charge >= 0.3 is 0 Å². The number of nitrogen functional groups attached to an aromatic ring is 1. The van der Waals surface area contributed by atoms with Crippen molar-refractivity contribution in [2.45, 2.75) is 0 Å². The lowest BCUT2D eigenvalue weighted by Gasteiger charge is -2.05. The monoisotopic (exact) mass is 232 g/mol. The Morgan fingerprint density at radius 2 is 1.88 bits per heavy atom. The minimum atomic E-state index is -0.151. The van der Waals surface area contributed by atoms with Crippen LogP contribution in [-0.4, -0.2) is 10.8 Å². The van der Waals surface area contributed by atoms with Crippen molar-refractivity contribution in [1.29, 1.82) is 0 Å². The Labute approximate surface area is 97.9 Å². The van der Waals surface area contributed by atoms with Crippen LogP contribution in [0.1, 0.15) is 15.9 Å². The number of rotatable bonds is 2. The van der Waals surface area contributed by atoms with Crippen LogP contribution in [0.3, 0.4) is 0 Å². The molecule has 1 heterocycles. The van der Waals surface area contributed by atoms with E-state index in [9.17, 15) is 4.79 Å². The lowest BCUT2D eigenvalue weighted by molar-refractivity contribution is 0.103. The second-order valence-corrected chi connectivity index (χ2v) is 3.62. The maximum absolute atomic E-state index is 12.1. The molecule has 16 heavy (non-hydrogen) atoms. The molecule has 0 radical (unpaired) electrons. The van der Waals surface area contributed by atoms with Gasteiger partial charge in [-0.05, 0) is 6.07 Å². The highest BCUT2D eigenvalue weighted by atomic mass is 35.5. The van der Waals surface area contributed by atoms with Crippen molar-refractivity contribution in [1.82, 2.24) is 4.98 Å². The lowest BCUT2D eigenvalue weighted by Crippen LogP contribution is -2.06. The molecule has 0 amide bonds. The van der Waals surface area contributed by atoms with Gasteiger partial charge in [0.2, 0.25) is 0 Å². The van der Waals surface area contributed by atoms with Crippen molar-refractivity contribution in [3.05, 3.63) is 58.9 Å². The summed E-state index contributed by atoms with van der Waals surface area (Å²) in [5, 5.41) is 0.154. The van der Waals surface area contributed by atoms with Gasteiger partial charge < -0.3 is 5.73 Å². The number of hydrogen-bond donors (Lipinski definition) is 1. The number of pyridine rings is 1. The summed E-state index contributed by atoms with van der Waals surface area (Å²) in [6.45, 7) is 0. The second-order valence-electron chi connectivity index (χ2n) is 3.26. The topological polar surface area (TPSA) is 56.0 Å². The Bertz CT molecular complexity index is 526. The highest BCUT2D eigenvalue weighted by molar-refractivity contribution is 6.33. The number of ketones is 1. The lowest BCUT2D eigenvalue weighted by atomic mass is 10.0. The van der Waals surface area contributed by atoms with Gasteiger partial charge in [0.1, 0.15) is 0 Å². The molecule has 4 heteroatoms.